The molecule has 0 spiro atoms. The molecule has 0 unspecified atom stereocenters. The summed E-state index contributed by atoms with van der Waals surface area (Å²) in [5.74, 6) is 1.73. The molecule has 2 heteroatoms. The summed E-state index contributed by atoms with van der Waals surface area (Å²) >= 11 is 5.66. The van der Waals surface area contributed by atoms with Gasteiger partial charge in [0.1, 0.15) is 5.75 Å². The molecule has 1 rings (SSSR count). The van der Waals surface area contributed by atoms with Crippen molar-refractivity contribution < 1.29 is 4.74 Å². The smallest absolute Gasteiger partial charge is 0.123 e. The summed E-state index contributed by atoms with van der Waals surface area (Å²) in [4.78, 5) is 0. The molecule has 0 saturated heterocycles. The third-order valence-corrected chi connectivity index (χ3v) is 3.00. The molecule has 0 radical (unpaired) electrons. The third-order valence-electron chi connectivity index (χ3n) is 2.73. The van der Waals surface area contributed by atoms with E-state index in [4.69, 9.17) is 16.3 Å². The van der Waals surface area contributed by atoms with E-state index >= 15 is 0 Å². The SMILES string of the molecule is Cc1ccc(C(C)(C)C)c(OCCCCCl)c1. The average molecular weight is 255 g/mol. The van der Waals surface area contributed by atoms with Gasteiger partial charge in [-0.1, -0.05) is 32.9 Å². The number of benzene rings is 1. The van der Waals surface area contributed by atoms with Gasteiger partial charge in [0.05, 0.1) is 6.61 Å². The molecule has 1 aromatic rings. The van der Waals surface area contributed by atoms with Crippen LogP contribution in [0, 0.1) is 6.92 Å². The van der Waals surface area contributed by atoms with Crippen molar-refractivity contribution >= 4 is 11.6 Å². The number of hydrogen-bond donors (Lipinski definition) is 0. The molecule has 1 nitrogen and oxygen atoms in total. The van der Waals surface area contributed by atoms with Gasteiger partial charge in [-0.25, -0.2) is 0 Å². The molecule has 96 valence electrons. The topological polar surface area (TPSA) is 9.23 Å². The maximum absolute atomic E-state index is 5.89. The highest BCUT2D eigenvalue weighted by molar-refractivity contribution is 6.17. The molecule has 0 fully saturated rings. The maximum Gasteiger partial charge on any atom is 0.123 e. The van der Waals surface area contributed by atoms with Gasteiger partial charge < -0.3 is 4.74 Å². The molecular weight excluding hydrogens is 232 g/mol. The van der Waals surface area contributed by atoms with Crippen LogP contribution < -0.4 is 4.74 Å². The van der Waals surface area contributed by atoms with Gasteiger partial charge in [0, 0.05) is 5.88 Å². The summed E-state index contributed by atoms with van der Waals surface area (Å²) in [5, 5.41) is 0. The second-order valence-corrected chi connectivity index (χ2v) is 5.87. The van der Waals surface area contributed by atoms with Gasteiger partial charge in [0.25, 0.3) is 0 Å². The lowest BCUT2D eigenvalue weighted by Crippen LogP contribution is -2.14. The fraction of sp³-hybridized carbons (Fsp3) is 0.600. The Morgan fingerprint density at radius 1 is 1.18 bits per heavy atom. The molecule has 0 aliphatic rings. The van der Waals surface area contributed by atoms with Crippen molar-refractivity contribution in [2.45, 2.75) is 46.0 Å². The van der Waals surface area contributed by atoms with E-state index < -0.39 is 0 Å². The molecule has 1 aromatic carbocycles. The molecular formula is C15H23ClO. The Bertz CT molecular complexity index is 352. The molecule has 0 amide bonds. The molecule has 0 saturated carbocycles. The van der Waals surface area contributed by atoms with Crippen molar-refractivity contribution in [1.82, 2.24) is 0 Å². The minimum atomic E-state index is 0.121. The summed E-state index contributed by atoms with van der Waals surface area (Å²) in [5.41, 5.74) is 2.63. The lowest BCUT2D eigenvalue weighted by atomic mass is 9.86. The minimum absolute atomic E-state index is 0.121. The minimum Gasteiger partial charge on any atom is -0.493 e. The number of halogens is 1. The van der Waals surface area contributed by atoms with Crippen LogP contribution in [-0.2, 0) is 5.41 Å². The van der Waals surface area contributed by atoms with E-state index in [-0.39, 0.29) is 5.41 Å². The van der Waals surface area contributed by atoms with Crippen LogP contribution in [-0.4, -0.2) is 12.5 Å². The number of ether oxygens (including phenoxy) is 1. The van der Waals surface area contributed by atoms with Crippen LogP contribution in [0.2, 0.25) is 0 Å². The Balaban J connectivity index is 2.77. The fourth-order valence-corrected chi connectivity index (χ4v) is 1.94. The highest BCUT2D eigenvalue weighted by Crippen LogP contribution is 2.32. The Kier molecular flexibility index (Phi) is 5.32. The van der Waals surface area contributed by atoms with Crippen LogP contribution in [0.25, 0.3) is 0 Å². The molecule has 0 aromatic heterocycles. The Morgan fingerprint density at radius 3 is 2.47 bits per heavy atom. The molecule has 0 heterocycles. The number of alkyl halides is 1. The van der Waals surface area contributed by atoms with Crippen molar-refractivity contribution in [2.24, 2.45) is 0 Å². The van der Waals surface area contributed by atoms with Gasteiger partial charge in [-0.3, -0.25) is 0 Å². The average Bonchev–Trinajstić information content (AvgIpc) is 2.23. The molecule has 0 aliphatic carbocycles. The van der Waals surface area contributed by atoms with E-state index in [9.17, 15) is 0 Å². The van der Waals surface area contributed by atoms with Gasteiger partial charge in [-0.2, -0.15) is 0 Å². The number of hydrogen-bond acceptors (Lipinski definition) is 1. The van der Waals surface area contributed by atoms with Gasteiger partial charge in [-0.05, 0) is 42.4 Å². The van der Waals surface area contributed by atoms with E-state index in [1.807, 2.05) is 0 Å². The van der Waals surface area contributed by atoms with Crippen LogP contribution in [0.3, 0.4) is 0 Å². The largest absolute Gasteiger partial charge is 0.493 e. The first kappa shape index (κ1) is 14.4. The van der Waals surface area contributed by atoms with Gasteiger partial charge in [-0.15, -0.1) is 11.6 Å². The molecule has 0 N–H and O–H groups in total. The highest BCUT2D eigenvalue weighted by Gasteiger charge is 2.18. The quantitative estimate of drug-likeness (QED) is 0.547. The van der Waals surface area contributed by atoms with E-state index in [2.05, 4.69) is 45.9 Å². The van der Waals surface area contributed by atoms with Crippen molar-refractivity contribution in [2.75, 3.05) is 12.5 Å². The van der Waals surface area contributed by atoms with Gasteiger partial charge in [0.2, 0.25) is 0 Å². The number of rotatable bonds is 5. The van der Waals surface area contributed by atoms with E-state index in [1.165, 1.54) is 11.1 Å². The summed E-state index contributed by atoms with van der Waals surface area (Å²) < 4.78 is 5.89. The van der Waals surface area contributed by atoms with Crippen LogP contribution in [0.15, 0.2) is 18.2 Å². The Hall–Kier alpha value is -0.690. The fourth-order valence-electron chi connectivity index (χ4n) is 1.75. The van der Waals surface area contributed by atoms with E-state index in [1.54, 1.807) is 0 Å². The highest BCUT2D eigenvalue weighted by atomic mass is 35.5. The zero-order valence-electron chi connectivity index (χ0n) is 11.3. The first-order chi connectivity index (χ1) is 7.95. The summed E-state index contributed by atoms with van der Waals surface area (Å²) in [6, 6.07) is 6.44. The number of unbranched alkanes of at least 4 members (excludes halogenated alkanes) is 1. The van der Waals surface area contributed by atoms with Crippen molar-refractivity contribution in [3.63, 3.8) is 0 Å². The second kappa shape index (κ2) is 6.30. The van der Waals surface area contributed by atoms with Crippen molar-refractivity contribution in [1.29, 1.82) is 0 Å². The van der Waals surface area contributed by atoms with Crippen LogP contribution in [0.1, 0.15) is 44.7 Å². The van der Waals surface area contributed by atoms with Crippen molar-refractivity contribution in [3.8, 4) is 5.75 Å². The zero-order chi connectivity index (χ0) is 12.9. The molecule has 0 atom stereocenters. The van der Waals surface area contributed by atoms with Gasteiger partial charge >= 0.3 is 0 Å². The number of aryl methyl sites for hydroxylation is 1. The first-order valence-electron chi connectivity index (χ1n) is 6.25. The zero-order valence-corrected chi connectivity index (χ0v) is 12.1. The predicted octanol–water partition coefficient (Wildman–Crippen LogP) is 4.69. The van der Waals surface area contributed by atoms with E-state index in [0.29, 0.717) is 5.88 Å². The normalized spacial score (nSPS) is 11.6. The Labute approximate surface area is 110 Å². The molecule has 0 bridgehead atoms. The standard InChI is InChI=1S/C15H23ClO/c1-12-7-8-13(15(2,3)4)14(11-12)17-10-6-5-9-16/h7-8,11H,5-6,9-10H2,1-4H3. The van der Waals surface area contributed by atoms with Crippen LogP contribution >= 0.6 is 11.6 Å². The molecule has 17 heavy (non-hydrogen) atoms. The predicted molar refractivity (Wildman–Crippen MR) is 75.3 cm³/mol. The summed E-state index contributed by atoms with van der Waals surface area (Å²) in [6.07, 6.45) is 2.03. The third kappa shape index (κ3) is 4.59. The maximum atomic E-state index is 5.89. The lowest BCUT2D eigenvalue weighted by molar-refractivity contribution is 0.301. The van der Waals surface area contributed by atoms with Crippen LogP contribution in [0.5, 0.6) is 5.75 Å². The van der Waals surface area contributed by atoms with Crippen LogP contribution in [0.4, 0.5) is 0 Å². The van der Waals surface area contributed by atoms with Crippen molar-refractivity contribution in [3.05, 3.63) is 29.3 Å². The van der Waals surface area contributed by atoms with Gasteiger partial charge in [0.15, 0.2) is 0 Å². The lowest BCUT2D eigenvalue weighted by Gasteiger charge is -2.23. The first-order valence-corrected chi connectivity index (χ1v) is 6.78. The summed E-state index contributed by atoms with van der Waals surface area (Å²) in [6.45, 7) is 9.48. The Morgan fingerprint density at radius 2 is 1.88 bits per heavy atom. The monoisotopic (exact) mass is 254 g/mol. The van der Waals surface area contributed by atoms with E-state index in [0.717, 1.165) is 25.2 Å². The summed E-state index contributed by atoms with van der Waals surface area (Å²) in [7, 11) is 0. The second-order valence-electron chi connectivity index (χ2n) is 5.49. The molecule has 0 aliphatic heterocycles.